The van der Waals surface area contributed by atoms with Crippen molar-refractivity contribution < 1.29 is 24.2 Å². The van der Waals surface area contributed by atoms with Gasteiger partial charge in [0.1, 0.15) is 5.75 Å². The molecule has 0 bridgehead atoms. The third-order valence-electron chi connectivity index (χ3n) is 6.13. The number of hydrogen-bond donors (Lipinski definition) is 1. The maximum absolute atomic E-state index is 13.2. The van der Waals surface area contributed by atoms with E-state index in [4.69, 9.17) is 4.74 Å². The monoisotopic (exact) mass is 546 g/mol. The molecule has 1 unspecified atom stereocenters. The van der Waals surface area contributed by atoms with Gasteiger partial charge in [-0.3, -0.25) is 9.59 Å². The van der Waals surface area contributed by atoms with Crippen LogP contribution in [0.2, 0.25) is 0 Å². The molecule has 0 fully saturated rings. The van der Waals surface area contributed by atoms with E-state index < -0.39 is 29.4 Å². The average Bonchev–Trinajstić information content (AvgIpc) is 3.32. The summed E-state index contributed by atoms with van der Waals surface area (Å²) in [7, 11) is 3.10. The van der Waals surface area contributed by atoms with Crippen molar-refractivity contribution in [3.63, 3.8) is 0 Å². The highest BCUT2D eigenvalue weighted by Gasteiger charge is 2.41. The molecule has 0 aliphatic carbocycles. The van der Waals surface area contributed by atoms with E-state index in [0.29, 0.717) is 35.0 Å². The van der Waals surface area contributed by atoms with Gasteiger partial charge in [-0.25, -0.2) is 4.79 Å². The van der Waals surface area contributed by atoms with Crippen LogP contribution in [-0.4, -0.2) is 58.9 Å². The van der Waals surface area contributed by atoms with E-state index >= 15 is 0 Å². The van der Waals surface area contributed by atoms with Crippen LogP contribution in [0.25, 0.3) is 0 Å². The molecule has 0 radical (unpaired) electrons. The molecule has 0 saturated heterocycles. The van der Waals surface area contributed by atoms with Crippen molar-refractivity contribution in [2.75, 3.05) is 20.7 Å². The first kappa shape index (κ1) is 25.8. The van der Waals surface area contributed by atoms with Crippen molar-refractivity contribution in [3.8, 4) is 17.6 Å². The van der Waals surface area contributed by atoms with Gasteiger partial charge in [0, 0.05) is 25.6 Å². The largest absolute Gasteiger partial charge is 0.496 e. The van der Waals surface area contributed by atoms with Crippen LogP contribution < -0.4 is 4.74 Å². The fourth-order valence-corrected chi connectivity index (χ4v) is 4.95. The predicted octanol–water partition coefficient (Wildman–Crippen LogP) is 4.10. The Morgan fingerprint density at radius 1 is 1.35 bits per heavy atom. The maximum Gasteiger partial charge on any atom is 0.331 e. The highest BCUT2D eigenvalue weighted by molar-refractivity contribution is 9.10. The van der Waals surface area contributed by atoms with E-state index in [0.717, 1.165) is 15.3 Å². The number of carboxylic acids is 1. The molecule has 1 aliphatic heterocycles. The zero-order chi connectivity index (χ0) is 25.0. The Bertz CT molecular complexity index is 1150. The maximum atomic E-state index is 13.2. The predicted molar refractivity (Wildman–Crippen MR) is 134 cm³/mol. The summed E-state index contributed by atoms with van der Waals surface area (Å²) < 4.78 is 5.89. The van der Waals surface area contributed by atoms with E-state index in [1.54, 1.807) is 30.5 Å². The number of rotatable bonds is 5. The quantitative estimate of drug-likeness (QED) is 0.450. The lowest BCUT2D eigenvalue weighted by molar-refractivity contribution is -0.160. The number of carbonyl (C=O) groups excluding carboxylic acids is 2. The lowest BCUT2D eigenvalue weighted by Gasteiger charge is -2.39. The average molecular weight is 547 g/mol. The number of methoxy groups -OCH3 is 1. The lowest BCUT2D eigenvalue weighted by Crippen LogP contribution is -2.54. The second-order valence-electron chi connectivity index (χ2n) is 8.63. The molecular formula is C25H27BrN2O5S. The summed E-state index contributed by atoms with van der Waals surface area (Å²) in [4.78, 5) is 42.0. The smallest absolute Gasteiger partial charge is 0.331 e. The second-order valence-corrected chi connectivity index (χ2v) is 10.4. The number of fused-ring (bicyclic) bond motifs is 1. The van der Waals surface area contributed by atoms with E-state index in [1.165, 1.54) is 12.0 Å². The summed E-state index contributed by atoms with van der Waals surface area (Å²) in [6.45, 7) is 3.86. The highest BCUT2D eigenvalue weighted by Crippen LogP contribution is 2.37. The molecule has 1 aromatic heterocycles. The Balaban J connectivity index is 1.76. The van der Waals surface area contributed by atoms with Gasteiger partial charge in [0.2, 0.25) is 0 Å². The van der Waals surface area contributed by atoms with Crippen LogP contribution in [0.5, 0.6) is 5.75 Å². The van der Waals surface area contributed by atoms with E-state index in [9.17, 15) is 19.5 Å². The Morgan fingerprint density at radius 2 is 2.09 bits per heavy atom. The summed E-state index contributed by atoms with van der Waals surface area (Å²) in [5.41, 5.74) is 0.611. The van der Waals surface area contributed by atoms with E-state index in [1.807, 2.05) is 31.4 Å². The SMILES string of the molecule is COc1cc2c(cc1Br)C(C(=O)O)N(C(=O)C(=O)N(C)C(C)(C)CCC#Cc1cccs1)CC2. The zero-order valence-electron chi connectivity index (χ0n) is 19.6. The molecule has 2 aromatic rings. The van der Waals surface area contributed by atoms with Crippen LogP contribution in [0.4, 0.5) is 0 Å². The molecule has 34 heavy (non-hydrogen) atoms. The summed E-state index contributed by atoms with van der Waals surface area (Å²) in [6, 6.07) is 6.05. The third-order valence-corrected chi connectivity index (χ3v) is 7.53. The van der Waals surface area contributed by atoms with Gasteiger partial charge in [0.05, 0.1) is 16.5 Å². The van der Waals surface area contributed by atoms with Gasteiger partial charge in [-0.05, 0) is 77.3 Å². The Labute approximate surface area is 211 Å². The van der Waals surface area contributed by atoms with Gasteiger partial charge in [0.15, 0.2) is 6.04 Å². The summed E-state index contributed by atoms with van der Waals surface area (Å²) in [5, 5.41) is 11.9. The van der Waals surface area contributed by atoms with Crippen LogP contribution in [0.15, 0.2) is 34.1 Å². The molecule has 1 N–H and O–H groups in total. The van der Waals surface area contributed by atoms with Crippen molar-refractivity contribution in [2.45, 2.75) is 44.7 Å². The first-order valence-electron chi connectivity index (χ1n) is 10.8. The molecule has 3 rings (SSSR count). The molecule has 9 heteroatoms. The van der Waals surface area contributed by atoms with Gasteiger partial charge in [-0.15, -0.1) is 11.3 Å². The number of halogens is 1. The van der Waals surface area contributed by atoms with Crippen molar-refractivity contribution in [1.82, 2.24) is 9.80 Å². The number of carbonyl (C=O) groups is 3. The molecular weight excluding hydrogens is 520 g/mol. The first-order valence-corrected chi connectivity index (χ1v) is 12.4. The summed E-state index contributed by atoms with van der Waals surface area (Å²) >= 11 is 4.95. The Hall–Kier alpha value is -2.83. The minimum atomic E-state index is -1.25. The fraction of sp³-hybridized carbons (Fsp3) is 0.400. The van der Waals surface area contributed by atoms with Crippen molar-refractivity contribution in [2.24, 2.45) is 0 Å². The standard InChI is InChI=1S/C25H27BrN2O5S/c1-25(2,11-6-5-8-17-9-7-13-34-17)27(3)22(29)23(30)28-12-10-16-14-20(33-4)19(26)15-18(16)21(28)24(31)32/h7,9,13-15,21H,6,10-12H2,1-4H3,(H,31,32). The number of benzene rings is 1. The molecule has 2 amide bonds. The molecule has 1 aliphatic rings. The molecule has 0 saturated carbocycles. The topological polar surface area (TPSA) is 87.1 Å². The number of amides is 2. The van der Waals surface area contributed by atoms with Crippen LogP contribution in [0, 0.1) is 11.8 Å². The highest BCUT2D eigenvalue weighted by atomic mass is 79.9. The van der Waals surface area contributed by atoms with Crippen LogP contribution >= 0.6 is 27.3 Å². The summed E-state index contributed by atoms with van der Waals surface area (Å²) in [5.74, 6) is 4.03. The number of thiophene rings is 1. The van der Waals surface area contributed by atoms with Crippen molar-refractivity contribution in [1.29, 1.82) is 0 Å². The number of carboxylic acid groups (broad SMARTS) is 1. The fourth-order valence-electron chi connectivity index (χ4n) is 3.84. The Morgan fingerprint density at radius 3 is 2.71 bits per heavy atom. The second kappa shape index (κ2) is 10.6. The number of hydrogen-bond acceptors (Lipinski definition) is 5. The minimum Gasteiger partial charge on any atom is -0.496 e. The first-order chi connectivity index (χ1) is 16.1. The van der Waals surface area contributed by atoms with Gasteiger partial charge in [-0.2, -0.15) is 0 Å². The van der Waals surface area contributed by atoms with Crippen molar-refractivity contribution >= 4 is 45.1 Å². The number of aliphatic carboxylic acids is 1. The lowest BCUT2D eigenvalue weighted by atomic mass is 9.91. The molecule has 180 valence electrons. The van der Waals surface area contributed by atoms with E-state index in [2.05, 4.69) is 27.8 Å². The van der Waals surface area contributed by atoms with Crippen LogP contribution in [-0.2, 0) is 20.8 Å². The van der Waals surface area contributed by atoms with Gasteiger partial charge in [0.25, 0.3) is 0 Å². The third kappa shape index (κ3) is 5.45. The molecule has 7 nitrogen and oxygen atoms in total. The van der Waals surface area contributed by atoms with Crippen LogP contribution in [0.3, 0.4) is 0 Å². The number of ether oxygens (including phenoxy) is 1. The van der Waals surface area contributed by atoms with Crippen LogP contribution in [0.1, 0.15) is 48.7 Å². The van der Waals surface area contributed by atoms with Gasteiger partial charge >= 0.3 is 17.8 Å². The summed E-state index contributed by atoms with van der Waals surface area (Å²) in [6.07, 6.45) is 1.55. The number of nitrogens with zero attached hydrogens (tertiary/aromatic N) is 2. The zero-order valence-corrected chi connectivity index (χ0v) is 22.0. The van der Waals surface area contributed by atoms with Gasteiger partial charge in [-0.1, -0.05) is 17.9 Å². The molecule has 0 spiro atoms. The minimum absolute atomic E-state index is 0.125. The van der Waals surface area contributed by atoms with E-state index in [-0.39, 0.29) is 6.54 Å². The normalized spacial score (nSPS) is 15.1. The molecule has 1 aromatic carbocycles. The molecule has 2 heterocycles. The molecule has 1 atom stereocenters. The van der Waals surface area contributed by atoms with Gasteiger partial charge < -0.3 is 19.6 Å². The number of likely N-dealkylation sites (N-methyl/N-ethyl adjacent to an activating group) is 1. The Kier molecular flexibility index (Phi) is 8.05. The van der Waals surface area contributed by atoms with Crippen molar-refractivity contribution in [3.05, 3.63) is 50.1 Å².